The standard InChI is InChI=1S/C51H37N3/c52-50(41-16-5-2-6-17-41)54-51(53-34-35-12-11-19-43(32-35)38-24-22-37(23-25-38)36-13-3-1-4-14-36)42-28-26-40(27-29-42)49-46-21-10-8-18-44(46)33-48-45-20-9-7-15-39(45)30-31-47(48)49/h1-33H,34H2,(H2,52,53,54). The summed E-state index contributed by atoms with van der Waals surface area (Å²) >= 11 is 0. The van der Waals surface area contributed by atoms with E-state index in [2.05, 4.69) is 164 Å². The van der Waals surface area contributed by atoms with Gasteiger partial charge in [0.1, 0.15) is 5.84 Å². The smallest absolute Gasteiger partial charge is 0.157 e. The van der Waals surface area contributed by atoms with Crippen LogP contribution in [-0.4, -0.2) is 11.7 Å². The molecule has 0 fully saturated rings. The fourth-order valence-corrected chi connectivity index (χ4v) is 7.40. The highest BCUT2D eigenvalue weighted by molar-refractivity contribution is 6.20. The number of amidine groups is 2. The lowest BCUT2D eigenvalue weighted by atomic mass is 9.89. The van der Waals surface area contributed by atoms with Gasteiger partial charge in [-0.2, -0.15) is 0 Å². The first kappa shape index (κ1) is 32.8. The number of benzene rings is 9. The van der Waals surface area contributed by atoms with E-state index in [9.17, 15) is 0 Å². The first-order chi connectivity index (χ1) is 26.7. The van der Waals surface area contributed by atoms with Crippen molar-refractivity contribution in [2.75, 3.05) is 0 Å². The highest BCUT2D eigenvalue weighted by atomic mass is 15.0. The van der Waals surface area contributed by atoms with E-state index in [-0.39, 0.29) is 0 Å². The summed E-state index contributed by atoms with van der Waals surface area (Å²) in [5.74, 6) is 1.02. The third-order valence-electron chi connectivity index (χ3n) is 10.2. The van der Waals surface area contributed by atoms with E-state index in [0.29, 0.717) is 18.2 Å². The van der Waals surface area contributed by atoms with Crippen LogP contribution in [0.25, 0.3) is 65.7 Å². The summed E-state index contributed by atoms with van der Waals surface area (Å²) < 4.78 is 0. The number of hydrogen-bond acceptors (Lipinski definition) is 1. The van der Waals surface area contributed by atoms with E-state index in [1.165, 1.54) is 49.0 Å². The normalized spacial score (nSPS) is 12.1. The SMILES string of the molecule is N/C(=N\C(=N/Cc1cccc(-c2ccc(-c3ccccc3)cc2)c1)c1ccc(-c2c3ccccc3cc3c2ccc2ccccc23)cc1)c1ccccc1. The Morgan fingerprint density at radius 1 is 0.389 bits per heavy atom. The molecule has 0 aliphatic rings. The maximum Gasteiger partial charge on any atom is 0.157 e. The molecule has 9 aromatic rings. The first-order valence-electron chi connectivity index (χ1n) is 18.3. The van der Waals surface area contributed by atoms with Gasteiger partial charge in [0.25, 0.3) is 0 Å². The Morgan fingerprint density at radius 3 is 1.74 bits per heavy atom. The molecule has 0 spiro atoms. The predicted octanol–water partition coefficient (Wildman–Crippen LogP) is 12.5. The average Bonchev–Trinajstić information content (AvgIpc) is 3.25. The molecule has 0 heterocycles. The van der Waals surface area contributed by atoms with Crippen LogP contribution < -0.4 is 5.73 Å². The van der Waals surface area contributed by atoms with Gasteiger partial charge in [0.2, 0.25) is 0 Å². The van der Waals surface area contributed by atoms with Crippen LogP contribution in [0.3, 0.4) is 0 Å². The Balaban J connectivity index is 1.08. The van der Waals surface area contributed by atoms with Crippen molar-refractivity contribution < 1.29 is 0 Å². The fourth-order valence-electron chi connectivity index (χ4n) is 7.40. The summed E-state index contributed by atoms with van der Waals surface area (Å²) in [4.78, 5) is 10.0. The minimum atomic E-state index is 0.428. The topological polar surface area (TPSA) is 50.7 Å². The van der Waals surface area contributed by atoms with Gasteiger partial charge in [-0.15, -0.1) is 0 Å². The third kappa shape index (κ3) is 6.55. The van der Waals surface area contributed by atoms with Gasteiger partial charge in [0.05, 0.1) is 6.54 Å². The number of nitrogens with two attached hydrogens (primary N) is 1. The Morgan fingerprint density at radius 2 is 0.981 bits per heavy atom. The van der Waals surface area contributed by atoms with Crippen molar-refractivity contribution in [2.24, 2.45) is 15.7 Å². The number of rotatable bonds is 7. The summed E-state index contributed by atoms with van der Waals surface area (Å²) in [6.07, 6.45) is 0. The van der Waals surface area contributed by atoms with Crippen LogP contribution >= 0.6 is 0 Å². The van der Waals surface area contributed by atoms with E-state index in [4.69, 9.17) is 15.7 Å². The first-order valence-corrected chi connectivity index (χ1v) is 18.3. The molecule has 0 aliphatic carbocycles. The molecule has 0 aromatic heterocycles. The lowest BCUT2D eigenvalue weighted by Crippen LogP contribution is -2.16. The van der Waals surface area contributed by atoms with E-state index in [1.807, 2.05) is 36.4 Å². The molecule has 0 atom stereocenters. The van der Waals surface area contributed by atoms with Gasteiger partial charge in [-0.05, 0) is 83.4 Å². The second kappa shape index (κ2) is 14.5. The van der Waals surface area contributed by atoms with Crippen molar-refractivity contribution in [3.05, 3.63) is 217 Å². The minimum Gasteiger partial charge on any atom is -0.383 e. The van der Waals surface area contributed by atoms with Crippen molar-refractivity contribution in [3.8, 4) is 33.4 Å². The van der Waals surface area contributed by atoms with Crippen molar-refractivity contribution in [2.45, 2.75) is 6.54 Å². The lowest BCUT2D eigenvalue weighted by molar-refractivity contribution is 1.06. The molecule has 9 aromatic carbocycles. The Hall–Kier alpha value is -7.10. The van der Waals surface area contributed by atoms with Crippen LogP contribution in [0, 0.1) is 0 Å². The molecule has 0 saturated heterocycles. The van der Waals surface area contributed by atoms with Crippen LogP contribution in [-0.2, 0) is 6.54 Å². The second-order valence-corrected chi connectivity index (χ2v) is 13.6. The Bertz CT molecular complexity index is 2820. The van der Waals surface area contributed by atoms with E-state index >= 15 is 0 Å². The van der Waals surface area contributed by atoms with E-state index in [0.717, 1.165) is 33.4 Å². The molecule has 9 rings (SSSR count). The maximum atomic E-state index is 6.62. The molecular formula is C51H37N3. The third-order valence-corrected chi connectivity index (χ3v) is 10.2. The van der Waals surface area contributed by atoms with Crippen LogP contribution in [0.2, 0.25) is 0 Å². The lowest BCUT2D eigenvalue weighted by Gasteiger charge is -2.14. The summed E-state index contributed by atoms with van der Waals surface area (Å²) in [5, 5.41) is 7.42. The average molecular weight is 692 g/mol. The summed E-state index contributed by atoms with van der Waals surface area (Å²) in [6, 6.07) is 70.3. The van der Waals surface area contributed by atoms with Crippen LogP contribution in [0.15, 0.2) is 210 Å². The largest absolute Gasteiger partial charge is 0.383 e. The summed E-state index contributed by atoms with van der Waals surface area (Å²) in [5.41, 5.74) is 16.6. The van der Waals surface area contributed by atoms with Gasteiger partial charge < -0.3 is 5.73 Å². The molecule has 0 unspecified atom stereocenters. The molecule has 54 heavy (non-hydrogen) atoms. The van der Waals surface area contributed by atoms with Crippen LogP contribution in [0.4, 0.5) is 0 Å². The van der Waals surface area contributed by atoms with Gasteiger partial charge in [0.15, 0.2) is 5.84 Å². The Kier molecular flexibility index (Phi) is 8.80. The molecule has 0 radical (unpaired) electrons. The van der Waals surface area contributed by atoms with Crippen molar-refractivity contribution in [1.29, 1.82) is 0 Å². The van der Waals surface area contributed by atoms with Gasteiger partial charge >= 0.3 is 0 Å². The summed E-state index contributed by atoms with van der Waals surface area (Å²) in [7, 11) is 0. The van der Waals surface area contributed by atoms with Gasteiger partial charge in [-0.25, -0.2) is 4.99 Å². The van der Waals surface area contributed by atoms with E-state index < -0.39 is 0 Å². The van der Waals surface area contributed by atoms with Crippen molar-refractivity contribution in [3.63, 3.8) is 0 Å². The second-order valence-electron chi connectivity index (χ2n) is 13.6. The maximum absolute atomic E-state index is 6.62. The fraction of sp³-hybridized carbons (Fsp3) is 0.0196. The molecule has 0 saturated carbocycles. The number of hydrogen-bond donors (Lipinski definition) is 1. The molecule has 0 aliphatic heterocycles. The zero-order valence-electron chi connectivity index (χ0n) is 29.7. The number of nitrogens with zero attached hydrogens (tertiary/aromatic N) is 2. The van der Waals surface area contributed by atoms with Crippen LogP contribution in [0.1, 0.15) is 16.7 Å². The molecule has 0 bridgehead atoms. The molecule has 3 nitrogen and oxygen atoms in total. The minimum absolute atomic E-state index is 0.428. The molecule has 3 heteroatoms. The Labute approximate surface area is 315 Å². The zero-order valence-corrected chi connectivity index (χ0v) is 29.7. The van der Waals surface area contributed by atoms with Gasteiger partial charge in [-0.3, -0.25) is 4.99 Å². The molecule has 256 valence electrons. The summed E-state index contributed by atoms with van der Waals surface area (Å²) in [6.45, 7) is 0.458. The highest BCUT2D eigenvalue weighted by Gasteiger charge is 2.14. The predicted molar refractivity (Wildman–Crippen MR) is 229 cm³/mol. The van der Waals surface area contributed by atoms with Gasteiger partial charge in [0, 0.05) is 11.1 Å². The molecule has 2 N–H and O–H groups in total. The van der Waals surface area contributed by atoms with Gasteiger partial charge in [-0.1, -0.05) is 188 Å². The quantitative estimate of drug-likeness (QED) is 0.0769. The molecular weight excluding hydrogens is 655 g/mol. The van der Waals surface area contributed by atoms with Crippen molar-refractivity contribution in [1.82, 2.24) is 0 Å². The van der Waals surface area contributed by atoms with E-state index in [1.54, 1.807) is 0 Å². The zero-order chi connectivity index (χ0) is 36.3. The van der Waals surface area contributed by atoms with Crippen LogP contribution in [0.5, 0.6) is 0 Å². The highest BCUT2D eigenvalue weighted by Crippen LogP contribution is 2.39. The number of aliphatic imine (C=N–C) groups is 2. The monoisotopic (exact) mass is 691 g/mol. The van der Waals surface area contributed by atoms with Crippen molar-refractivity contribution >= 4 is 44.0 Å². The molecule has 0 amide bonds. The number of fused-ring (bicyclic) bond motifs is 4.